The number of nitrogens with zero attached hydrogens (tertiary/aromatic N) is 1. The number of ether oxygens (including phenoxy) is 1. The molecule has 0 radical (unpaired) electrons. The molecule has 1 saturated heterocycles. The average Bonchev–Trinajstić information content (AvgIpc) is 2.71. The molecule has 2 N–H and O–H groups in total. The summed E-state index contributed by atoms with van der Waals surface area (Å²) in [5.41, 5.74) is 0.300. The van der Waals surface area contributed by atoms with E-state index in [4.69, 9.17) is 16.3 Å². The van der Waals surface area contributed by atoms with Gasteiger partial charge >= 0.3 is 0 Å². The first-order valence-electron chi connectivity index (χ1n) is 9.28. The number of rotatable bonds is 6. The summed E-state index contributed by atoms with van der Waals surface area (Å²) in [5, 5.41) is 13.0. The summed E-state index contributed by atoms with van der Waals surface area (Å²) in [4.78, 5) is 26.6. The topological polar surface area (TPSA) is 78.9 Å². The van der Waals surface area contributed by atoms with Crippen LogP contribution >= 0.6 is 11.6 Å². The molecule has 1 heterocycles. The number of phenolic OH excluding ortho intramolecular Hbond substituents is 1. The van der Waals surface area contributed by atoms with E-state index in [-0.39, 0.29) is 23.5 Å². The zero-order valence-electron chi connectivity index (χ0n) is 15.4. The van der Waals surface area contributed by atoms with Gasteiger partial charge in [-0.3, -0.25) is 9.59 Å². The van der Waals surface area contributed by atoms with Crippen LogP contribution in [-0.4, -0.2) is 41.5 Å². The van der Waals surface area contributed by atoms with Crippen molar-refractivity contribution in [1.29, 1.82) is 0 Å². The fourth-order valence-corrected chi connectivity index (χ4v) is 3.34. The molecule has 148 valence electrons. The van der Waals surface area contributed by atoms with Crippen LogP contribution in [-0.2, 0) is 9.59 Å². The van der Waals surface area contributed by atoms with E-state index in [1.807, 2.05) is 30.3 Å². The van der Waals surface area contributed by atoms with Gasteiger partial charge in [-0.1, -0.05) is 29.8 Å². The number of amides is 2. The molecule has 0 spiro atoms. The van der Waals surface area contributed by atoms with Crippen molar-refractivity contribution >= 4 is 29.1 Å². The maximum atomic E-state index is 12.4. The molecule has 1 aliphatic heterocycles. The largest absolute Gasteiger partial charge is 0.506 e. The molecule has 28 heavy (non-hydrogen) atoms. The number of nitrogens with one attached hydrogen (secondary N) is 1. The van der Waals surface area contributed by atoms with E-state index in [0.29, 0.717) is 49.7 Å². The zero-order valence-corrected chi connectivity index (χ0v) is 16.2. The van der Waals surface area contributed by atoms with E-state index < -0.39 is 0 Å². The van der Waals surface area contributed by atoms with E-state index in [2.05, 4.69) is 5.32 Å². The van der Waals surface area contributed by atoms with Crippen molar-refractivity contribution in [2.24, 2.45) is 5.92 Å². The smallest absolute Gasteiger partial charge is 0.227 e. The molecule has 6 nitrogen and oxygen atoms in total. The van der Waals surface area contributed by atoms with Gasteiger partial charge in [0.2, 0.25) is 11.8 Å². The molecule has 1 aliphatic rings. The molecule has 0 saturated carbocycles. The molecule has 0 atom stereocenters. The first-order valence-corrected chi connectivity index (χ1v) is 9.66. The van der Waals surface area contributed by atoms with Crippen LogP contribution in [0.3, 0.4) is 0 Å². The third-order valence-electron chi connectivity index (χ3n) is 4.76. The van der Waals surface area contributed by atoms with E-state index in [0.717, 1.165) is 5.75 Å². The summed E-state index contributed by atoms with van der Waals surface area (Å²) < 4.78 is 5.57. The van der Waals surface area contributed by atoms with Gasteiger partial charge < -0.3 is 20.1 Å². The number of aromatic hydroxyl groups is 1. The van der Waals surface area contributed by atoms with Gasteiger partial charge in [0.1, 0.15) is 11.5 Å². The fraction of sp³-hybridized carbons (Fsp3) is 0.333. The second-order valence-corrected chi connectivity index (χ2v) is 7.15. The van der Waals surface area contributed by atoms with Crippen LogP contribution in [0.15, 0.2) is 48.5 Å². The van der Waals surface area contributed by atoms with Crippen LogP contribution < -0.4 is 10.1 Å². The quantitative estimate of drug-likeness (QED) is 0.722. The average molecular weight is 403 g/mol. The third kappa shape index (κ3) is 5.39. The highest BCUT2D eigenvalue weighted by molar-refractivity contribution is 6.31. The van der Waals surface area contributed by atoms with Crippen LogP contribution in [0.25, 0.3) is 0 Å². The number of hydrogen-bond acceptors (Lipinski definition) is 4. The van der Waals surface area contributed by atoms with Crippen molar-refractivity contribution in [3.05, 3.63) is 53.6 Å². The lowest BCUT2D eigenvalue weighted by atomic mass is 9.95. The molecule has 7 heteroatoms. The van der Waals surface area contributed by atoms with Crippen molar-refractivity contribution in [2.75, 3.05) is 25.0 Å². The standard InChI is InChI=1S/C21H23ClN2O4/c22-16-6-7-19(25)18(14-16)23-21(27)15-8-11-24(12-9-15)20(26)10-13-28-17-4-2-1-3-5-17/h1-7,14-15,25H,8-13H2,(H,23,27). The first-order chi connectivity index (χ1) is 13.5. The molecule has 0 bridgehead atoms. The van der Waals surface area contributed by atoms with Crippen molar-refractivity contribution in [3.63, 3.8) is 0 Å². The van der Waals surface area contributed by atoms with Gasteiger partial charge in [0, 0.05) is 24.0 Å². The van der Waals surface area contributed by atoms with Crippen molar-refractivity contribution in [2.45, 2.75) is 19.3 Å². The van der Waals surface area contributed by atoms with Crippen molar-refractivity contribution < 1.29 is 19.4 Å². The first kappa shape index (κ1) is 20.0. The Morgan fingerprint density at radius 3 is 2.57 bits per heavy atom. The Kier molecular flexibility index (Phi) is 6.76. The van der Waals surface area contributed by atoms with E-state index in [9.17, 15) is 14.7 Å². The number of anilines is 1. The zero-order chi connectivity index (χ0) is 19.9. The SMILES string of the molecule is O=C(Nc1cc(Cl)ccc1O)C1CCN(C(=O)CCOc2ccccc2)CC1. The van der Waals surface area contributed by atoms with Crippen LogP contribution in [0.1, 0.15) is 19.3 Å². The van der Waals surface area contributed by atoms with Gasteiger partial charge in [-0.05, 0) is 43.2 Å². The van der Waals surface area contributed by atoms with E-state index in [1.165, 1.54) is 12.1 Å². The molecule has 0 unspecified atom stereocenters. The number of benzene rings is 2. The van der Waals surface area contributed by atoms with E-state index in [1.54, 1.807) is 11.0 Å². The maximum Gasteiger partial charge on any atom is 0.227 e. The Balaban J connectivity index is 1.42. The van der Waals surface area contributed by atoms with Crippen LogP contribution in [0.4, 0.5) is 5.69 Å². The Morgan fingerprint density at radius 2 is 1.86 bits per heavy atom. The van der Waals surface area contributed by atoms with E-state index >= 15 is 0 Å². The molecular formula is C21H23ClN2O4. The molecule has 3 rings (SSSR count). The van der Waals surface area contributed by atoms with Crippen LogP contribution in [0, 0.1) is 5.92 Å². The minimum atomic E-state index is -0.206. The summed E-state index contributed by atoms with van der Waals surface area (Å²) in [7, 11) is 0. The predicted molar refractivity (Wildman–Crippen MR) is 108 cm³/mol. The number of hydrogen-bond donors (Lipinski definition) is 2. The number of piperidine rings is 1. The summed E-state index contributed by atoms with van der Waals surface area (Å²) >= 11 is 5.90. The molecule has 2 aromatic rings. The number of likely N-dealkylation sites (tertiary alicyclic amines) is 1. The summed E-state index contributed by atoms with van der Waals surface area (Å²) in [6.07, 6.45) is 1.47. The molecule has 0 aliphatic carbocycles. The lowest BCUT2D eigenvalue weighted by Gasteiger charge is -2.31. The van der Waals surface area contributed by atoms with Gasteiger partial charge in [0.05, 0.1) is 18.7 Å². The van der Waals surface area contributed by atoms with Gasteiger partial charge in [-0.15, -0.1) is 0 Å². The minimum absolute atomic E-state index is 0.0243. The molecule has 0 aromatic heterocycles. The highest BCUT2D eigenvalue weighted by Gasteiger charge is 2.27. The number of carbonyl (C=O) groups is 2. The minimum Gasteiger partial charge on any atom is -0.506 e. The maximum absolute atomic E-state index is 12.4. The Labute approximate surface area is 169 Å². The monoisotopic (exact) mass is 402 g/mol. The number of para-hydroxylation sites is 1. The molecular weight excluding hydrogens is 380 g/mol. The van der Waals surface area contributed by atoms with Crippen LogP contribution in [0.2, 0.25) is 5.02 Å². The highest BCUT2D eigenvalue weighted by atomic mass is 35.5. The predicted octanol–water partition coefficient (Wildman–Crippen LogP) is 3.69. The Hall–Kier alpha value is -2.73. The Bertz CT molecular complexity index is 820. The molecule has 2 aromatic carbocycles. The molecule has 1 fully saturated rings. The summed E-state index contributed by atoms with van der Waals surface area (Å²) in [6.45, 7) is 1.39. The van der Waals surface area contributed by atoms with Crippen molar-refractivity contribution in [3.8, 4) is 11.5 Å². The highest BCUT2D eigenvalue weighted by Crippen LogP contribution is 2.28. The second kappa shape index (κ2) is 9.46. The Morgan fingerprint density at radius 1 is 1.14 bits per heavy atom. The number of halogens is 1. The molecule has 2 amide bonds. The number of carbonyl (C=O) groups excluding carboxylic acids is 2. The normalized spacial score (nSPS) is 14.5. The lowest BCUT2D eigenvalue weighted by molar-refractivity contribution is -0.135. The summed E-state index contributed by atoms with van der Waals surface area (Å²) in [6, 6.07) is 13.9. The number of phenols is 1. The van der Waals surface area contributed by atoms with Gasteiger partial charge in [0.25, 0.3) is 0 Å². The third-order valence-corrected chi connectivity index (χ3v) is 5.00. The van der Waals surface area contributed by atoms with Gasteiger partial charge in [0.15, 0.2) is 0 Å². The van der Waals surface area contributed by atoms with Crippen LogP contribution in [0.5, 0.6) is 11.5 Å². The second-order valence-electron chi connectivity index (χ2n) is 6.72. The van der Waals surface area contributed by atoms with Gasteiger partial charge in [-0.25, -0.2) is 0 Å². The fourth-order valence-electron chi connectivity index (χ4n) is 3.17. The summed E-state index contributed by atoms with van der Waals surface area (Å²) in [5.74, 6) is 0.376. The lowest BCUT2D eigenvalue weighted by Crippen LogP contribution is -2.41. The van der Waals surface area contributed by atoms with Gasteiger partial charge in [-0.2, -0.15) is 0 Å². The van der Waals surface area contributed by atoms with Crippen molar-refractivity contribution in [1.82, 2.24) is 4.90 Å².